The third-order valence-electron chi connectivity index (χ3n) is 4.01. The third kappa shape index (κ3) is 4.21. The van der Waals surface area contributed by atoms with Gasteiger partial charge >= 0.3 is 5.97 Å². The highest BCUT2D eigenvalue weighted by Gasteiger charge is 2.25. The van der Waals surface area contributed by atoms with Crippen molar-refractivity contribution in [3.05, 3.63) is 5.82 Å². The average molecular weight is 296 g/mol. The van der Waals surface area contributed by atoms with E-state index < -0.39 is 12.0 Å². The van der Waals surface area contributed by atoms with E-state index in [-0.39, 0.29) is 0 Å². The molecule has 8 nitrogen and oxygen atoms in total. The van der Waals surface area contributed by atoms with Crippen LogP contribution in [0.4, 0.5) is 0 Å². The maximum atomic E-state index is 11.0. The Labute approximate surface area is 124 Å². The van der Waals surface area contributed by atoms with Crippen LogP contribution in [0.1, 0.15) is 32.5 Å². The van der Waals surface area contributed by atoms with E-state index in [0.717, 1.165) is 57.9 Å². The van der Waals surface area contributed by atoms with Crippen LogP contribution in [0.15, 0.2) is 0 Å². The molecule has 21 heavy (non-hydrogen) atoms. The lowest BCUT2D eigenvalue weighted by molar-refractivity contribution is -0.143. The standard InChI is InChI=1S/C13H24N6O2/c1-3-4-5-19-12(14-15-16-19)10-17-6-8-18(9-7-17)11(2)13(20)21/h11H,3-10H2,1-2H3,(H,20,21). The zero-order valence-corrected chi connectivity index (χ0v) is 12.8. The van der Waals surface area contributed by atoms with Crippen LogP contribution in [0.25, 0.3) is 0 Å². The number of unbranched alkanes of at least 4 members (excludes halogenated alkanes) is 1. The highest BCUT2D eigenvalue weighted by molar-refractivity contribution is 5.72. The van der Waals surface area contributed by atoms with Gasteiger partial charge in [0.2, 0.25) is 0 Å². The van der Waals surface area contributed by atoms with E-state index in [1.165, 1.54) is 0 Å². The Morgan fingerprint density at radius 2 is 2.05 bits per heavy atom. The summed E-state index contributed by atoms with van der Waals surface area (Å²) in [6.45, 7) is 8.70. The van der Waals surface area contributed by atoms with Crippen LogP contribution in [0.2, 0.25) is 0 Å². The molecule has 0 saturated carbocycles. The fourth-order valence-electron chi connectivity index (χ4n) is 2.48. The first-order valence-electron chi connectivity index (χ1n) is 7.56. The van der Waals surface area contributed by atoms with Crippen molar-refractivity contribution in [2.24, 2.45) is 0 Å². The molecule has 1 aliphatic rings. The molecular formula is C13H24N6O2. The average Bonchev–Trinajstić information content (AvgIpc) is 2.92. The van der Waals surface area contributed by atoms with Crippen molar-refractivity contribution < 1.29 is 9.90 Å². The summed E-state index contributed by atoms with van der Waals surface area (Å²) in [7, 11) is 0. The molecule has 0 spiro atoms. The van der Waals surface area contributed by atoms with Gasteiger partial charge in [-0.1, -0.05) is 13.3 Å². The largest absolute Gasteiger partial charge is 0.480 e. The third-order valence-corrected chi connectivity index (χ3v) is 4.01. The van der Waals surface area contributed by atoms with Crippen molar-refractivity contribution in [1.29, 1.82) is 0 Å². The molecular weight excluding hydrogens is 272 g/mol. The van der Waals surface area contributed by atoms with Crippen LogP contribution in [-0.4, -0.2) is 73.3 Å². The first-order chi connectivity index (χ1) is 10.1. The van der Waals surface area contributed by atoms with Crippen LogP contribution >= 0.6 is 0 Å². The maximum Gasteiger partial charge on any atom is 0.320 e. The molecule has 118 valence electrons. The lowest BCUT2D eigenvalue weighted by Gasteiger charge is -2.36. The van der Waals surface area contributed by atoms with Gasteiger partial charge in [-0.15, -0.1) is 5.10 Å². The first kappa shape index (κ1) is 15.8. The molecule has 0 bridgehead atoms. The van der Waals surface area contributed by atoms with E-state index in [9.17, 15) is 4.79 Å². The summed E-state index contributed by atoms with van der Waals surface area (Å²) < 4.78 is 1.87. The lowest BCUT2D eigenvalue weighted by Crippen LogP contribution is -2.51. The molecule has 0 aliphatic carbocycles. The Bertz CT molecular complexity index is 455. The number of piperazine rings is 1. The Balaban J connectivity index is 1.83. The van der Waals surface area contributed by atoms with Gasteiger partial charge in [0, 0.05) is 32.7 Å². The smallest absolute Gasteiger partial charge is 0.320 e. The fraction of sp³-hybridized carbons (Fsp3) is 0.846. The second kappa shape index (κ2) is 7.46. The van der Waals surface area contributed by atoms with Crippen LogP contribution in [0.5, 0.6) is 0 Å². The van der Waals surface area contributed by atoms with Gasteiger partial charge in [0.25, 0.3) is 0 Å². The molecule has 1 fully saturated rings. The van der Waals surface area contributed by atoms with Gasteiger partial charge in [-0.05, 0) is 23.8 Å². The zero-order chi connectivity index (χ0) is 15.2. The zero-order valence-electron chi connectivity index (χ0n) is 12.8. The minimum absolute atomic E-state index is 0.415. The van der Waals surface area contributed by atoms with Crippen molar-refractivity contribution in [2.45, 2.75) is 45.8 Å². The molecule has 8 heteroatoms. The molecule has 2 rings (SSSR count). The predicted molar refractivity (Wildman–Crippen MR) is 76.7 cm³/mol. The van der Waals surface area contributed by atoms with Crippen molar-refractivity contribution in [3.8, 4) is 0 Å². The van der Waals surface area contributed by atoms with Gasteiger partial charge in [0.15, 0.2) is 5.82 Å². The van der Waals surface area contributed by atoms with E-state index in [2.05, 4.69) is 27.3 Å². The van der Waals surface area contributed by atoms with Crippen LogP contribution in [-0.2, 0) is 17.9 Å². The number of tetrazole rings is 1. The number of aliphatic carboxylic acids is 1. The normalized spacial score (nSPS) is 18.8. The molecule has 0 aromatic carbocycles. The van der Waals surface area contributed by atoms with Gasteiger partial charge in [0.05, 0.1) is 6.54 Å². The van der Waals surface area contributed by atoms with E-state index in [1.807, 2.05) is 9.58 Å². The number of hydrogen-bond donors (Lipinski definition) is 1. The van der Waals surface area contributed by atoms with Gasteiger partial charge < -0.3 is 5.11 Å². The molecule has 1 aromatic rings. The number of aryl methyl sites for hydroxylation is 1. The van der Waals surface area contributed by atoms with Crippen molar-refractivity contribution in [2.75, 3.05) is 26.2 Å². The molecule has 0 amide bonds. The summed E-state index contributed by atoms with van der Waals surface area (Å²) in [6, 6.07) is -0.415. The number of carboxylic acid groups (broad SMARTS) is 1. The molecule has 1 saturated heterocycles. The first-order valence-corrected chi connectivity index (χ1v) is 7.56. The second-order valence-electron chi connectivity index (χ2n) is 5.50. The number of nitrogens with zero attached hydrogens (tertiary/aromatic N) is 6. The number of carboxylic acids is 1. The summed E-state index contributed by atoms with van der Waals surface area (Å²) in [6.07, 6.45) is 2.19. The Morgan fingerprint density at radius 1 is 1.33 bits per heavy atom. The van der Waals surface area contributed by atoms with Crippen LogP contribution in [0, 0.1) is 0 Å². The summed E-state index contributed by atoms with van der Waals surface area (Å²) in [5.41, 5.74) is 0. The molecule has 1 aliphatic heterocycles. The maximum absolute atomic E-state index is 11.0. The fourth-order valence-corrected chi connectivity index (χ4v) is 2.48. The lowest BCUT2D eigenvalue weighted by atomic mass is 10.2. The van der Waals surface area contributed by atoms with Crippen molar-refractivity contribution >= 4 is 5.97 Å². The van der Waals surface area contributed by atoms with Crippen LogP contribution < -0.4 is 0 Å². The number of carbonyl (C=O) groups is 1. The van der Waals surface area contributed by atoms with Gasteiger partial charge in [-0.2, -0.15) is 0 Å². The molecule has 1 aromatic heterocycles. The Morgan fingerprint density at radius 3 is 2.67 bits per heavy atom. The van der Waals surface area contributed by atoms with Gasteiger partial charge in [-0.3, -0.25) is 14.6 Å². The number of hydrogen-bond acceptors (Lipinski definition) is 6. The SMILES string of the molecule is CCCCn1nnnc1CN1CCN(C(C)C(=O)O)CC1. The van der Waals surface area contributed by atoms with Crippen LogP contribution in [0.3, 0.4) is 0 Å². The summed E-state index contributed by atoms with van der Waals surface area (Å²) >= 11 is 0. The summed E-state index contributed by atoms with van der Waals surface area (Å²) in [5.74, 6) is 0.134. The molecule has 2 heterocycles. The van der Waals surface area contributed by atoms with E-state index in [1.54, 1.807) is 6.92 Å². The monoisotopic (exact) mass is 296 g/mol. The molecule has 0 radical (unpaired) electrons. The topological polar surface area (TPSA) is 87.4 Å². The highest BCUT2D eigenvalue weighted by atomic mass is 16.4. The minimum atomic E-state index is -0.757. The highest BCUT2D eigenvalue weighted by Crippen LogP contribution is 2.09. The predicted octanol–water partition coefficient (Wildman–Crippen LogP) is 0.0639. The molecule has 1 unspecified atom stereocenters. The quantitative estimate of drug-likeness (QED) is 0.761. The number of rotatable bonds is 7. The Hall–Kier alpha value is -1.54. The summed E-state index contributed by atoms with van der Waals surface area (Å²) in [5, 5.41) is 20.9. The van der Waals surface area contributed by atoms with Gasteiger partial charge in [0.1, 0.15) is 6.04 Å². The van der Waals surface area contributed by atoms with Gasteiger partial charge in [-0.25, -0.2) is 4.68 Å². The van der Waals surface area contributed by atoms with E-state index in [4.69, 9.17) is 5.11 Å². The van der Waals surface area contributed by atoms with E-state index in [0.29, 0.717) is 0 Å². The second-order valence-corrected chi connectivity index (χ2v) is 5.50. The molecule has 1 N–H and O–H groups in total. The Kier molecular flexibility index (Phi) is 5.63. The minimum Gasteiger partial charge on any atom is -0.480 e. The number of aromatic nitrogens is 4. The van der Waals surface area contributed by atoms with E-state index >= 15 is 0 Å². The van der Waals surface area contributed by atoms with Crippen molar-refractivity contribution in [1.82, 2.24) is 30.0 Å². The van der Waals surface area contributed by atoms with Crippen molar-refractivity contribution in [3.63, 3.8) is 0 Å². The summed E-state index contributed by atoms with van der Waals surface area (Å²) in [4.78, 5) is 15.3. The molecule has 1 atom stereocenters.